The molecule has 0 aliphatic rings. The highest BCUT2D eigenvalue weighted by Crippen LogP contribution is 2.13. The summed E-state index contributed by atoms with van der Waals surface area (Å²) in [5.74, 6) is -0.993. The number of esters is 3. The topological polar surface area (TPSA) is 78.9 Å². The summed E-state index contributed by atoms with van der Waals surface area (Å²) in [4.78, 5) is 38.0. The van der Waals surface area contributed by atoms with E-state index in [1.165, 1.54) is 77.0 Å². The molecule has 0 spiro atoms. The van der Waals surface area contributed by atoms with Gasteiger partial charge in [0.25, 0.3) is 0 Å². The van der Waals surface area contributed by atoms with E-state index in [0.717, 1.165) is 116 Å². The summed E-state index contributed by atoms with van der Waals surface area (Å²) in [6.07, 6.45) is 69.6. The molecule has 370 valence electrons. The Bertz CT molecular complexity index is 1310. The molecular formula is C59H98O6. The van der Waals surface area contributed by atoms with Gasteiger partial charge in [0.05, 0.1) is 0 Å². The lowest BCUT2D eigenvalue weighted by Gasteiger charge is -2.18. The van der Waals surface area contributed by atoms with Crippen LogP contribution in [0.15, 0.2) is 97.2 Å². The summed E-state index contributed by atoms with van der Waals surface area (Å²) in [6, 6.07) is 0. The molecule has 0 aromatic carbocycles. The molecule has 0 bridgehead atoms. The molecule has 6 heteroatoms. The number of hydrogen-bond donors (Lipinski definition) is 0. The third kappa shape index (κ3) is 51.2. The van der Waals surface area contributed by atoms with Crippen molar-refractivity contribution in [3.63, 3.8) is 0 Å². The second kappa shape index (κ2) is 52.9. The fourth-order valence-electron chi connectivity index (χ4n) is 7.03. The monoisotopic (exact) mass is 903 g/mol. The van der Waals surface area contributed by atoms with Gasteiger partial charge >= 0.3 is 17.9 Å². The Morgan fingerprint density at radius 1 is 0.323 bits per heavy atom. The molecule has 0 aliphatic carbocycles. The standard InChI is InChI=1S/C59H98O6/c1-4-7-10-13-16-19-22-25-28-29-32-35-38-41-44-47-50-53-59(62)65-56(54-63-57(60)51-48-45-42-39-36-33-30-26-23-20-17-14-11-8-5-2)55-64-58(61)52-49-46-43-40-37-34-31-27-24-21-18-15-12-9-6-3/h8,11,16-17,19-20,25-28,30-32,35,41,44,56H,4-7,9-10,12-15,18,21-24,29,33-34,36-40,42-43,45-55H2,1-3H3/b11-8-,19-16-,20-17-,28-25-,30-26-,31-27-,35-32-,44-41-/t56-/m1/s1. The van der Waals surface area contributed by atoms with Crippen LogP contribution in [0.5, 0.6) is 0 Å². The zero-order valence-corrected chi connectivity index (χ0v) is 42.2. The van der Waals surface area contributed by atoms with E-state index >= 15 is 0 Å². The number of ether oxygens (including phenoxy) is 3. The van der Waals surface area contributed by atoms with Crippen molar-refractivity contribution in [3.05, 3.63) is 97.2 Å². The average molecular weight is 903 g/mol. The van der Waals surface area contributed by atoms with Crippen molar-refractivity contribution >= 4 is 17.9 Å². The number of carbonyl (C=O) groups is 3. The molecule has 0 amide bonds. The van der Waals surface area contributed by atoms with Gasteiger partial charge in [0, 0.05) is 19.3 Å². The maximum absolute atomic E-state index is 12.8. The van der Waals surface area contributed by atoms with Gasteiger partial charge in [-0.05, 0) is 116 Å². The third-order valence-corrected chi connectivity index (χ3v) is 11.0. The number of carbonyl (C=O) groups excluding carboxylic acids is 3. The van der Waals surface area contributed by atoms with Crippen LogP contribution in [-0.4, -0.2) is 37.2 Å². The summed E-state index contributed by atoms with van der Waals surface area (Å²) in [5, 5.41) is 0. The third-order valence-electron chi connectivity index (χ3n) is 11.0. The predicted molar refractivity (Wildman–Crippen MR) is 279 cm³/mol. The van der Waals surface area contributed by atoms with Crippen molar-refractivity contribution in [1.82, 2.24) is 0 Å². The first-order chi connectivity index (χ1) is 32.0. The Morgan fingerprint density at radius 3 is 1.03 bits per heavy atom. The molecule has 0 rings (SSSR count). The molecule has 0 unspecified atom stereocenters. The molecule has 0 radical (unpaired) electrons. The van der Waals surface area contributed by atoms with Crippen molar-refractivity contribution in [1.29, 1.82) is 0 Å². The second-order valence-corrected chi connectivity index (χ2v) is 17.4. The Labute approximate surface area is 400 Å². The minimum atomic E-state index is -0.817. The van der Waals surface area contributed by atoms with E-state index in [9.17, 15) is 14.4 Å². The predicted octanol–water partition coefficient (Wildman–Crippen LogP) is 17.8. The van der Waals surface area contributed by atoms with Gasteiger partial charge in [-0.1, -0.05) is 201 Å². The van der Waals surface area contributed by atoms with Crippen molar-refractivity contribution in [2.75, 3.05) is 13.2 Å². The Morgan fingerprint density at radius 2 is 0.615 bits per heavy atom. The number of unbranched alkanes of at least 4 members (excludes halogenated alkanes) is 20. The molecule has 65 heavy (non-hydrogen) atoms. The fraction of sp³-hybridized carbons (Fsp3) is 0.678. The zero-order chi connectivity index (χ0) is 47.2. The van der Waals surface area contributed by atoms with Crippen LogP contribution >= 0.6 is 0 Å². The van der Waals surface area contributed by atoms with Crippen LogP contribution in [0.1, 0.15) is 239 Å². The van der Waals surface area contributed by atoms with E-state index < -0.39 is 6.10 Å². The molecule has 0 heterocycles. The summed E-state index contributed by atoms with van der Waals surface area (Å²) >= 11 is 0. The highest BCUT2D eigenvalue weighted by molar-refractivity contribution is 5.71. The van der Waals surface area contributed by atoms with Crippen LogP contribution in [0.3, 0.4) is 0 Å². The van der Waals surface area contributed by atoms with Crippen LogP contribution in [0.2, 0.25) is 0 Å². The van der Waals surface area contributed by atoms with Gasteiger partial charge in [-0.2, -0.15) is 0 Å². The van der Waals surface area contributed by atoms with E-state index in [2.05, 4.69) is 118 Å². The molecule has 0 aromatic rings. The lowest BCUT2D eigenvalue weighted by atomic mass is 10.1. The molecule has 0 aromatic heterocycles. The Balaban J connectivity index is 4.53. The maximum atomic E-state index is 12.8. The van der Waals surface area contributed by atoms with Gasteiger partial charge in [-0.3, -0.25) is 14.4 Å². The maximum Gasteiger partial charge on any atom is 0.306 e. The van der Waals surface area contributed by atoms with E-state index in [0.29, 0.717) is 19.3 Å². The van der Waals surface area contributed by atoms with Crippen molar-refractivity contribution in [2.24, 2.45) is 0 Å². The van der Waals surface area contributed by atoms with Crippen LogP contribution in [0.25, 0.3) is 0 Å². The van der Waals surface area contributed by atoms with E-state index in [-0.39, 0.29) is 37.5 Å². The Hall–Kier alpha value is -3.67. The van der Waals surface area contributed by atoms with Gasteiger partial charge in [0.2, 0.25) is 0 Å². The zero-order valence-electron chi connectivity index (χ0n) is 42.2. The first-order valence-corrected chi connectivity index (χ1v) is 26.7. The quantitative estimate of drug-likeness (QED) is 0.0262. The first kappa shape index (κ1) is 61.3. The molecule has 0 fully saturated rings. The number of allylic oxidation sites excluding steroid dienone is 16. The van der Waals surface area contributed by atoms with Gasteiger partial charge in [-0.25, -0.2) is 0 Å². The highest BCUT2D eigenvalue weighted by atomic mass is 16.6. The lowest BCUT2D eigenvalue weighted by Crippen LogP contribution is -2.30. The Kier molecular flexibility index (Phi) is 50.0. The van der Waals surface area contributed by atoms with Crippen LogP contribution in [0, 0.1) is 0 Å². The molecule has 6 nitrogen and oxygen atoms in total. The van der Waals surface area contributed by atoms with E-state index in [1.807, 2.05) is 0 Å². The summed E-state index contributed by atoms with van der Waals surface area (Å²) in [6.45, 7) is 6.42. The molecule has 0 N–H and O–H groups in total. The smallest absolute Gasteiger partial charge is 0.306 e. The van der Waals surface area contributed by atoms with Crippen molar-refractivity contribution < 1.29 is 28.6 Å². The number of hydrogen-bond acceptors (Lipinski definition) is 6. The highest BCUT2D eigenvalue weighted by Gasteiger charge is 2.19. The van der Waals surface area contributed by atoms with Gasteiger partial charge in [0.1, 0.15) is 13.2 Å². The van der Waals surface area contributed by atoms with Crippen LogP contribution in [-0.2, 0) is 28.6 Å². The summed E-state index contributed by atoms with van der Waals surface area (Å²) in [7, 11) is 0. The van der Waals surface area contributed by atoms with Crippen LogP contribution in [0.4, 0.5) is 0 Å². The van der Waals surface area contributed by atoms with Crippen LogP contribution < -0.4 is 0 Å². The summed E-state index contributed by atoms with van der Waals surface area (Å²) < 4.78 is 16.7. The molecular weight excluding hydrogens is 805 g/mol. The van der Waals surface area contributed by atoms with Crippen molar-refractivity contribution in [2.45, 2.75) is 245 Å². The largest absolute Gasteiger partial charge is 0.462 e. The lowest BCUT2D eigenvalue weighted by molar-refractivity contribution is -0.167. The summed E-state index contributed by atoms with van der Waals surface area (Å²) in [5.41, 5.74) is 0. The SMILES string of the molecule is CC/C=C\C/C=C\C/C=C\CCCCCCCC(=O)OC[C@H](COC(=O)CCCCCCC/C=C\CCCCCCCC)OC(=O)CCC/C=C\C/C=C\C/C=C\C/C=C\CCCCC. The minimum Gasteiger partial charge on any atom is -0.462 e. The minimum absolute atomic E-state index is 0.110. The molecule has 0 saturated heterocycles. The van der Waals surface area contributed by atoms with Gasteiger partial charge < -0.3 is 14.2 Å². The molecule has 0 saturated carbocycles. The van der Waals surface area contributed by atoms with Gasteiger partial charge in [-0.15, -0.1) is 0 Å². The molecule has 0 aliphatic heterocycles. The fourth-order valence-corrected chi connectivity index (χ4v) is 7.03. The van der Waals surface area contributed by atoms with E-state index in [1.54, 1.807) is 0 Å². The normalized spacial score (nSPS) is 12.8. The average Bonchev–Trinajstić information content (AvgIpc) is 3.30. The second-order valence-electron chi connectivity index (χ2n) is 17.4. The van der Waals surface area contributed by atoms with Gasteiger partial charge in [0.15, 0.2) is 6.10 Å². The number of rotatable bonds is 47. The first-order valence-electron chi connectivity index (χ1n) is 26.7. The molecule has 1 atom stereocenters. The van der Waals surface area contributed by atoms with Crippen molar-refractivity contribution in [3.8, 4) is 0 Å². The van der Waals surface area contributed by atoms with E-state index in [4.69, 9.17) is 14.2 Å².